The third kappa shape index (κ3) is 2.76. The van der Waals surface area contributed by atoms with Crippen LogP contribution < -0.4 is 5.32 Å². The van der Waals surface area contributed by atoms with E-state index in [0.717, 1.165) is 22.1 Å². The molecule has 0 radical (unpaired) electrons. The van der Waals surface area contributed by atoms with Crippen molar-refractivity contribution in [1.29, 1.82) is 0 Å². The average molecular weight is 323 g/mol. The largest absolute Gasteiger partial charge is 0.434 e. The molecule has 1 aromatic carbocycles. The minimum atomic E-state index is -4.48. The fourth-order valence-corrected chi connectivity index (χ4v) is 3.21. The Morgan fingerprint density at radius 3 is 2.73 bits per heavy atom. The normalized spacial score (nSPS) is 11.8. The van der Waals surface area contributed by atoms with E-state index < -0.39 is 11.9 Å². The van der Waals surface area contributed by atoms with E-state index in [0.29, 0.717) is 12.1 Å². The van der Waals surface area contributed by atoms with Crippen LogP contribution >= 0.6 is 11.3 Å². The molecule has 0 aliphatic carbocycles. The van der Waals surface area contributed by atoms with Gasteiger partial charge in [-0.1, -0.05) is 23.5 Å². The van der Waals surface area contributed by atoms with Crippen molar-refractivity contribution in [3.8, 4) is 10.4 Å². The summed E-state index contributed by atoms with van der Waals surface area (Å²) < 4.78 is 39.6. The lowest BCUT2D eigenvalue weighted by Gasteiger charge is -2.07. The maximum atomic E-state index is 13.2. The van der Waals surface area contributed by atoms with Crippen molar-refractivity contribution in [1.82, 2.24) is 9.97 Å². The Balaban J connectivity index is 2.15. The summed E-state index contributed by atoms with van der Waals surface area (Å²) in [4.78, 5) is 7.83. The quantitative estimate of drug-likeness (QED) is 0.752. The molecule has 114 valence electrons. The summed E-state index contributed by atoms with van der Waals surface area (Å²) >= 11 is 1.01. The Bertz CT molecular complexity index is 811. The molecule has 0 unspecified atom stereocenters. The third-order valence-electron chi connectivity index (χ3n) is 3.13. The van der Waals surface area contributed by atoms with E-state index in [-0.39, 0.29) is 10.0 Å². The van der Waals surface area contributed by atoms with Crippen LogP contribution in [0.5, 0.6) is 0 Å². The lowest BCUT2D eigenvalue weighted by atomic mass is 10.1. The number of fused-ring (bicyclic) bond motifs is 1. The molecule has 3 aromatic rings. The van der Waals surface area contributed by atoms with Crippen molar-refractivity contribution in [2.75, 3.05) is 11.9 Å². The number of aromatic nitrogens is 2. The van der Waals surface area contributed by atoms with Crippen LogP contribution in [0.2, 0.25) is 0 Å². The highest BCUT2D eigenvalue weighted by Gasteiger charge is 2.38. The van der Waals surface area contributed by atoms with E-state index in [1.165, 1.54) is 0 Å². The van der Waals surface area contributed by atoms with Crippen molar-refractivity contribution in [2.45, 2.75) is 13.1 Å². The van der Waals surface area contributed by atoms with Gasteiger partial charge < -0.3 is 5.32 Å². The molecule has 3 nitrogen and oxygen atoms in total. The number of pyridine rings is 1. The lowest BCUT2D eigenvalue weighted by molar-refractivity contribution is -0.140. The topological polar surface area (TPSA) is 37.8 Å². The minimum Gasteiger partial charge on any atom is -0.362 e. The summed E-state index contributed by atoms with van der Waals surface area (Å²) in [5.74, 6) is 0. The number of rotatable bonds is 3. The van der Waals surface area contributed by atoms with Crippen molar-refractivity contribution >= 4 is 27.2 Å². The van der Waals surface area contributed by atoms with Crippen molar-refractivity contribution in [3.05, 3.63) is 42.4 Å². The number of alkyl halides is 3. The first kappa shape index (κ1) is 14.8. The average Bonchev–Trinajstić information content (AvgIpc) is 2.91. The molecule has 0 spiro atoms. The van der Waals surface area contributed by atoms with Crippen molar-refractivity contribution in [2.24, 2.45) is 0 Å². The number of nitrogens with one attached hydrogen (secondary N) is 1. The first-order valence-electron chi connectivity index (χ1n) is 6.65. The highest BCUT2D eigenvalue weighted by Crippen LogP contribution is 2.42. The van der Waals surface area contributed by atoms with Gasteiger partial charge in [0.1, 0.15) is 0 Å². The van der Waals surface area contributed by atoms with Gasteiger partial charge in [0.25, 0.3) is 0 Å². The second-order valence-electron chi connectivity index (χ2n) is 4.66. The van der Waals surface area contributed by atoms with E-state index in [1.807, 2.05) is 6.92 Å². The zero-order valence-electron chi connectivity index (χ0n) is 11.6. The number of thiazole rings is 1. The number of halogens is 3. The Morgan fingerprint density at radius 2 is 2.00 bits per heavy atom. The third-order valence-corrected chi connectivity index (χ3v) is 4.19. The lowest BCUT2D eigenvalue weighted by Crippen LogP contribution is -2.07. The minimum absolute atomic E-state index is 0.127. The molecule has 22 heavy (non-hydrogen) atoms. The molecule has 0 fully saturated rings. The van der Waals surface area contributed by atoms with E-state index >= 15 is 0 Å². The highest BCUT2D eigenvalue weighted by molar-refractivity contribution is 7.19. The Hall–Kier alpha value is -2.15. The summed E-state index contributed by atoms with van der Waals surface area (Å²) in [6.45, 7) is 2.34. The monoisotopic (exact) mass is 323 g/mol. The summed E-state index contributed by atoms with van der Waals surface area (Å²) in [7, 11) is 0. The highest BCUT2D eigenvalue weighted by atomic mass is 32.1. The molecular weight excluding hydrogens is 311 g/mol. The molecule has 0 saturated heterocycles. The number of anilines is 1. The first-order chi connectivity index (χ1) is 10.5. The fourth-order valence-electron chi connectivity index (χ4n) is 2.16. The van der Waals surface area contributed by atoms with Crippen LogP contribution in [0, 0.1) is 0 Å². The van der Waals surface area contributed by atoms with Gasteiger partial charge in [-0.25, -0.2) is 4.98 Å². The van der Waals surface area contributed by atoms with Crippen LogP contribution in [-0.4, -0.2) is 16.5 Å². The van der Waals surface area contributed by atoms with Gasteiger partial charge in [0.05, 0.1) is 4.88 Å². The number of nitrogens with zero attached hydrogens (tertiary/aromatic N) is 2. The Kier molecular flexibility index (Phi) is 3.74. The van der Waals surface area contributed by atoms with Gasteiger partial charge in [0.15, 0.2) is 10.8 Å². The smallest absolute Gasteiger partial charge is 0.362 e. The van der Waals surface area contributed by atoms with Gasteiger partial charge in [0.2, 0.25) is 0 Å². The van der Waals surface area contributed by atoms with Gasteiger partial charge in [-0.15, -0.1) is 0 Å². The standard InChI is InChI=1S/C15H12F3N3S/c1-2-20-14-21-13(15(16,17)18)12(22-14)10-3-4-11-8-19-6-5-9(11)7-10/h3-8H,2H2,1H3,(H,20,21). The second kappa shape index (κ2) is 5.57. The summed E-state index contributed by atoms with van der Waals surface area (Å²) in [6, 6.07) is 6.95. The van der Waals surface area contributed by atoms with Crippen LogP contribution in [0.1, 0.15) is 12.6 Å². The maximum absolute atomic E-state index is 13.2. The summed E-state index contributed by atoms with van der Waals surface area (Å²) in [6.07, 6.45) is -1.18. The predicted octanol–water partition coefficient (Wildman–Crippen LogP) is 4.81. The number of hydrogen-bond donors (Lipinski definition) is 1. The van der Waals surface area contributed by atoms with Gasteiger partial charge in [0, 0.05) is 24.3 Å². The van der Waals surface area contributed by atoms with E-state index in [4.69, 9.17) is 0 Å². The molecule has 1 N–H and O–H groups in total. The van der Waals surface area contributed by atoms with Gasteiger partial charge in [-0.3, -0.25) is 4.98 Å². The van der Waals surface area contributed by atoms with Crippen LogP contribution in [0.4, 0.5) is 18.3 Å². The molecule has 0 saturated carbocycles. The molecule has 0 aliphatic rings. The molecule has 7 heteroatoms. The Morgan fingerprint density at radius 1 is 1.18 bits per heavy atom. The van der Waals surface area contributed by atoms with E-state index in [1.54, 1.807) is 36.7 Å². The van der Waals surface area contributed by atoms with Crippen molar-refractivity contribution in [3.63, 3.8) is 0 Å². The van der Waals surface area contributed by atoms with E-state index in [2.05, 4.69) is 15.3 Å². The number of benzene rings is 1. The Labute approximate surface area is 128 Å². The fraction of sp³-hybridized carbons (Fsp3) is 0.200. The first-order valence-corrected chi connectivity index (χ1v) is 7.46. The molecule has 0 aliphatic heterocycles. The number of hydrogen-bond acceptors (Lipinski definition) is 4. The molecule has 2 heterocycles. The molecule has 2 aromatic heterocycles. The van der Waals surface area contributed by atoms with Crippen LogP contribution in [-0.2, 0) is 6.18 Å². The molecule has 0 bridgehead atoms. The van der Waals surface area contributed by atoms with Crippen LogP contribution in [0.15, 0.2) is 36.7 Å². The molecule has 0 amide bonds. The van der Waals surface area contributed by atoms with Crippen LogP contribution in [0.25, 0.3) is 21.2 Å². The van der Waals surface area contributed by atoms with Crippen molar-refractivity contribution < 1.29 is 13.2 Å². The maximum Gasteiger partial charge on any atom is 0.434 e. The van der Waals surface area contributed by atoms with Gasteiger partial charge in [-0.05, 0) is 30.0 Å². The molecule has 0 atom stereocenters. The van der Waals surface area contributed by atoms with Gasteiger partial charge in [-0.2, -0.15) is 13.2 Å². The van der Waals surface area contributed by atoms with E-state index in [9.17, 15) is 13.2 Å². The zero-order valence-corrected chi connectivity index (χ0v) is 12.4. The summed E-state index contributed by atoms with van der Waals surface area (Å²) in [5.41, 5.74) is -0.338. The summed E-state index contributed by atoms with van der Waals surface area (Å²) in [5, 5.41) is 4.85. The SMILES string of the molecule is CCNc1nc(C(F)(F)F)c(-c2ccc3cnccc3c2)s1. The second-order valence-corrected chi connectivity index (χ2v) is 5.66. The molecule has 3 rings (SSSR count). The molecular formula is C15H12F3N3S. The predicted molar refractivity (Wildman–Crippen MR) is 82.0 cm³/mol. The van der Waals surface area contributed by atoms with Gasteiger partial charge >= 0.3 is 6.18 Å². The van der Waals surface area contributed by atoms with Crippen LogP contribution in [0.3, 0.4) is 0 Å². The zero-order chi connectivity index (χ0) is 15.7.